The summed E-state index contributed by atoms with van der Waals surface area (Å²) in [7, 11) is 0. The van der Waals surface area contributed by atoms with Crippen molar-refractivity contribution in [3.63, 3.8) is 0 Å². The van der Waals surface area contributed by atoms with Crippen molar-refractivity contribution in [3.05, 3.63) is 35.9 Å². The van der Waals surface area contributed by atoms with Crippen molar-refractivity contribution in [2.75, 3.05) is 0 Å². The third-order valence-electron chi connectivity index (χ3n) is 7.67. The molecule has 2 aliphatic carbocycles. The highest BCUT2D eigenvalue weighted by Crippen LogP contribution is 2.61. The van der Waals surface area contributed by atoms with Gasteiger partial charge in [-0.2, -0.15) is 0 Å². The molecule has 2 saturated carbocycles. The minimum absolute atomic E-state index is 0.0245. The van der Waals surface area contributed by atoms with Gasteiger partial charge < -0.3 is 14.6 Å². The highest BCUT2D eigenvalue weighted by Gasteiger charge is 2.60. The summed E-state index contributed by atoms with van der Waals surface area (Å²) >= 11 is 0. The smallest absolute Gasteiger partial charge is 0.311 e. The number of hydrogen-bond acceptors (Lipinski definition) is 5. The molecular weight excluding hydrogens is 432 g/mol. The lowest BCUT2D eigenvalue weighted by Gasteiger charge is -2.51. The molecule has 0 radical (unpaired) electrons. The number of aliphatic carboxylic acids is 1. The zero-order valence-electron chi connectivity index (χ0n) is 21.6. The summed E-state index contributed by atoms with van der Waals surface area (Å²) in [5, 5.41) is 9.86. The van der Waals surface area contributed by atoms with Crippen molar-refractivity contribution < 1.29 is 29.0 Å². The van der Waals surface area contributed by atoms with Gasteiger partial charge in [0.05, 0.1) is 10.8 Å². The van der Waals surface area contributed by atoms with Crippen LogP contribution in [0.5, 0.6) is 0 Å². The van der Waals surface area contributed by atoms with Gasteiger partial charge in [-0.05, 0) is 78.2 Å². The Morgan fingerprint density at radius 1 is 0.941 bits per heavy atom. The SMILES string of the molecule is CC(C)(C)C(=O)O[C@H]1CC[C@H]2[C@H](CC(=O)O)[C@@H](c3ccccc3)[C@H](OC(=O)C(C)(C)C)C[C@]12C. The molecule has 34 heavy (non-hydrogen) atoms. The first kappa shape index (κ1) is 26.2. The minimum atomic E-state index is -0.869. The first-order valence-electron chi connectivity index (χ1n) is 12.3. The Hall–Kier alpha value is -2.37. The first-order chi connectivity index (χ1) is 15.6. The van der Waals surface area contributed by atoms with Gasteiger partial charge in [-0.25, -0.2) is 0 Å². The Balaban J connectivity index is 2.05. The number of carbonyl (C=O) groups is 3. The molecule has 0 aromatic heterocycles. The van der Waals surface area contributed by atoms with Gasteiger partial charge in [-0.1, -0.05) is 37.3 Å². The molecule has 188 valence electrons. The van der Waals surface area contributed by atoms with Crippen LogP contribution in [0.4, 0.5) is 0 Å². The summed E-state index contributed by atoms with van der Waals surface area (Å²) in [6.45, 7) is 13.0. The van der Waals surface area contributed by atoms with Crippen molar-refractivity contribution in [1.82, 2.24) is 0 Å². The average Bonchev–Trinajstić information content (AvgIpc) is 3.02. The van der Waals surface area contributed by atoms with Crippen LogP contribution in [0, 0.1) is 28.1 Å². The highest BCUT2D eigenvalue weighted by atomic mass is 16.6. The van der Waals surface area contributed by atoms with Crippen molar-refractivity contribution in [2.24, 2.45) is 28.1 Å². The number of hydrogen-bond donors (Lipinski definition) is 1. The van der Waals surface area contributed by atoms with Gasteiger partial charge >= 0.3 is 17.9 Å². The fourth-order valence-electron chi connectivity index (χ4n) is 5.84. The van der Waals surface area contributed by atoms with Crippen LogP contribution in [0.1, 0.15) is 85.6 Å². The maximum atomic E-state index is 13.0. The van der Waals surface area contributed by atoms with E-state index in [0.29, 0.717) is 12.8 Å². The third kappa shape index (κ3) is 5.31. The molecule has 2 fully saturated rings. The molecule has 6 atom stereocenters. The molecule has 3 rings (SSSR count). The van der Waals surface area contributed by atoms with Crippen LogP contribution >= 0.6 is 0 Å². The summed E-state index contributed by atoms with van der Waals surface area (Å²) in [5.74, 6) is -1.88. The zero-order chi connectivity index (χ0) is 25.5. The quantitative estimate of drug-likeness (QED) is 0.561. The normalized spacial score (nSPS) is 31.4. The maximum absolute atomic E-state index is 13.0. The van der Waals surface area contributed by atoms with E-state index in [2.05, 4.69) is 6.92 Å². The molecule has 6 heteroatoms. The second-order valence-corrected chi connectivity index (χ2v) is 12.4. The van der Waals surface area contributed by atoms with E-state index in [4.69, 9.17) is 9.47 Å². The van der Waals surface area contributed by atoms with E-state index < -0.39 is 28.3 Å². The molecule has 0 amide bonds. The van der Waals surface area contributed by atoms with Gasteiger partial charge in [0, 0.05) is 17.8 Å². The van der Waals surface area contributed by atoms with E-state index in [-0.39, 0.29) is 42.2 Å². The lowest BCUT2D eigenvalue weighted by Crippen LogP contribution is -2.52. The fraction of sp³-hybridized carbons (Fsp3) is 0.679. The fourth-order valence-corrected chi connectivity index (χ4v) is 5.84. The molecule has 0 aliphatic heterocycles. The second kappa shape index (κ2) is 9.35. The molecule has 1 aromatic rings. The van der Waals surface area contributed by atoms with E-state index in [1.807, 2.05) is 71.9 Å². The number of carboxylic acids is 1. The molecule has 0 unspecified atom stereocenters. The van der Waals surface area contributed by atoms with Gasteiger partial charge in [0.1, 0.15) is 12.2 Å². The summed E-state index contributed by atoms with van der Waals surface area (Å²) in [5.41, 5.74) is -0.809. The number of esters is 2. The number of benzene rings is 1. The number of fused-ring (bicyclic) bond motifs is 1. The van der Waals surface area contributed by atoms with Crippen molar-refractivity contribution in [3.8, 4) is 0 Å². The topological polar surface area (TPSA) is 89.9 Å². The van der Waals surface area contributed by atoms with Crippen molar-refractivity contribution in [2.45, 2.75) is 92.3 Å². The Labute approximate surface area is 203 Å². The summed E-state index contributed by atoms with van der Waals surface area (Å²) < 4.78 is 12.2. The van der Waals surface area contributed by atoms with Crippen LogP contribution in [0.25, 0.3) is 0 Å². The first-order valence-corrected chi connectivity index (χ1v) is 12.3. The Morgan fingerprint density at radius 3 is 2.03 bits per heavy atom. The van der Waals surface area contributed by atoms with Gasteiger partial charge in [-0.3, -0.25) is 14.4 Å². The molecule has 1 aromatic carbocycles. The van der Waals surface area contributed by atoms with Gasteiger partial charge in [0.15, 0.2) is 0 Å². The predicted molar refractivity (Wildman–Crippen MR) is 129 cm³/mol. The number of carboxylic acid groups (broad SMARTS) is 1. The van der Waals surface area contributed by atoms with Gasteiger partial charge in [0.2, 0.25) is 0 Å². The van der Waals surface area contributed by atoms with Gasteiger partial charge in [0.25, 0.3) is 0 Å². The molecule has 0 saturated heterocycles. The van der Waals surface area contributed by atoms with Crippen LogP contribution in [0.3, 0.4) is 0 Å². The van der Waals surface area contributed by atoms with Crippen LogP contribution in [-0.4, -0.2) is 35.2 Å². The molecule has 0 bridgehead atoms. The third-order valence-corrected chi connectivity index (χ3v) is 7.67. The van der Waals surface area contributed by atoms with E-state index >= 15 is 0 Å². The minimum Gasteiger partial charge on any atom is -0.481 e. The van der Waals surface area contributed by atoms with E-state index in [1.54, 1.807) is 0 Å². The summed E-state index contributed by atoms with van der Waals surface area (Å²) in [6.07, 6.45) is 1.11. The molecule has 6 nitrogen and oxygen atoms in total. The lowest BCUT2D eigenvalue weighted by molar-refractivity contribution is -0.180. The van der Waals surface area contributed by atoms with E-state index in [1.165, 1.54) is 0 Å². The standard InChI is InChI=1S/C28H40O6/c1-26(2,3)24(31)33-20-16-28(7)19(13-14-21(28)34-25(32)27(4,5)6)18(15-22(29)30)23(20)17-11-9-8-10-12-17/h8-12,18-21,23H,13-16H2,1-7H3,(H,29,30)/t18-,19-,20+,21-,23+,28-/m0/s1. The number of rotatable bonds is 5. The highest BCUT2D eigenvalue weighted by molar-refractivity contribution is 5.76. The van der Waals surface area contributed by atoms with Crippen LogP contribution in [0.15, 0.2) is 30.3 Å². The van der Waals surface area contributed by atoms with E-state index in [9.17, 15) is 19.5 Å². The Morgan fingerprint density at radius 2 is 1.50 bits per heavy atom. The summed E-state index contributed by atoms with van der Waals surface area (Å²) in [6, 6.07) is 9.78. The molecule has 1 N–H and O–H groups in total. The average molecular weight is 473 g/mol. The van der Waals surface area contributed by atoms with Crippen molar-refractivity contribution in [1.29, 1.82) is 0 Å². The molecular formula is C28H40O6. The molecule has 2 aliphatic rings. The molecule has 0 heterocycles. The number of ether oxygens (including phenoxy) is 2. The number of carbonyl (C=O) groups excluding carboxylic acids is 2. The summed E-state index contributed by atoms with van der Waals surface area (Å²) in [4.78, 5) is 37.8. The maximum Gasteiger partial charge on any atom is 0.311 e. The molecule has 0 spiro atoms. The largest absolute Gasteiger partial charge is 0.481 e. The van der Waals surface area contributed by atoms with Crippen molar-refractivity contribution >= 4 is 17.9 Å². The zero-order valence-corrected chi connectivity index (χ0v) is 21.6. The lowest BCUT2D eigenvalue weighted by atomic mass is 9.56. The monoisotopic (exact) mass is 472 g/mol. The van der Waals surface area contributed by atoms with Gasteiger partial charge in [-0.15, -0.1) is 0 Å². The second-order valence-electron chi connectivity index (χ2n) is 12.4. The van der Waals surface area contributed by atoms with Crippen LogP contribution < -0.4 is 0 Å². The Bertz CT molecular complexity index is 909. The Kier molecular flexibility index (Phi) is 7.22. The predicted octanol–water partition coefficient (Wildman–Crippen LogP) is 5.60. The van der Waals surface area contributed by atoms with Crippen LogP contribution in [0.2, 0.25) is 0 Å². The van der Waals surface area contributed by atoms with Crippen LogP contribution in [-0.2, 0) is 23.9 Å². The van der Waals surface area contributed by atoms with E-state index in [0.717, 1.165) is 12.0 Å².